The lowest BCUT2D eigenvalue weighted by atomic mass is 10.1. The topological polar surface area (TPSA) is 68.8 Å². The zero-order chi connectivity index (χ0) is 19.8. The SMILES string of the molecule is CCOC(=O)c1ccc(NC(=S)NC(C)c2ccc(OC)c(OC)c2)cc1. The van der Waals surface area contributed by atoms with Crippen LogP contribution in [0.25, 0.3) is 0 Å². The molecule has 1 atom stereocenters. The molecule has 7 heteroatoms. The Balaban J connectivity index is 1.97. The molecule has 0 saturated carbocycles. The molecule has 0 heterocycles. The highest BCUT2D eigenvalue weighted by Gasteiger charge is 2.12. The molecule has 0 fully saturated rings. The van der Waals surface area contributed by atoms with E-state index in [4.69, 9.17) is 26.4 Å². The van der Waals surface area contributed by atoms with E-state index in [1.807, 2.05) is 25.1 Å². The fraction of sp³-hybridized carbons (Fsp3) is 0.300. The number of hydrogen-bond donors (Lipinski definition) is 2. The summed E-state index contributed by atoms with van der Waals surface area (Å²) in [5.41, 5.74) is 2.29. The lowest BCUT2D eigenvalue weighted by Crippen LogP contribution is -2.30. The van der Waals surface area contributed by atoms with Gasteiger partial charge in [0.2, 0.25) is 0 Å². The van der Waals surface area contributed by atoms with Crippen LogP contribution in [0.1, 0.15) is 35.8 Å². The summed E-state index contributed by atoms with van der Waals surface area (Å²) in [7, 11) is 3.21. The lowest BCUT2D eigenvalue weighted by Gasteiger charge is -2.19. The van der Waals surface area contributed by atoms with Gasteiger partial charge < -0.3 is 24.8 Å². The first-order valence-electron chi connectivity index (χ1n) is 8.55. The van der Waals surface area contributed by atoms with Crippen LogP contribution in [0.3, 0.4) is 0 Å². The van der Waals surface area contributed by atoms with Gasteiger partial charge in [-0.05, 0) is 68.0 Å². The molecule has 0 aromatic heterocycles. The molecule has 2 aromatic rings. The van der Waals surface area contributed by atoms with Crippen molar-refractivity contribution in [1.29, 1.82) is 0 Å². The molecule has 6 nitrogen and oxygen atoms in total. The van der Waals surface area contributed by atoms with E-state index in [0.29, 0.717) is 28.8 Å². The van der Waals surface area contributed by atoms with E-state index in [-0.39, 0.29) is 12.0 Å². The maximum atomic E-state index is 11.7. The van der Waals surface area contributed by atoms with E-state index in [0.717, 1.165) is 11.3 Å². The first kappa shape index (κ1) is 20.5. The van der Waals surface area contributed by atoms with Crippen molar-refractivity contribution in [2.45, 2.75) is 19.9 Å². The second-order valence-electron chi connectivity index (χ2n) is 5.73. The molecule has 0 aliphatic rings. The van der Waals surface area contributed by atoms with E-state index in [1.54, 1.807) is 45.4 Å². The van der Waals surface area contributed by atoms with Crippen molar-refractivity contribution >= 4 is 29.0 Å². The molecule has 1 unspecified atom stereocenters. The molecule has 0 bridgehead atoms. The predicted octanol–water partition coefficient (Wildman–Crippen LogP) is 3.93. The van der Waals surface area contributed by atoms with Gasteiger partial charge in [0.25, 0.3) is 0 Å². The maximum Gasteiger partial charge on any atom is 0.338 e. The van der Waals surface area contributed by atoms with E-state index >= 15 is 0 Å². The number of esters is 1. The molecule has 2 rings (SSSR count). The van der Waals surface area contributed by atoms with Gasteiger partial charge in [-0.1, -0.05) is 6.07 Å². The van der Waals surface area contributed by atoms with E-state index in [1.165, 1.54) is 0 Å². The summed E-state index contributed by atoms with van der Waals surface area (Å²) in [6.45, 7) is 4.12. The summed E-state index contributed by atoms with van der Waals surface area (Å²) >= 11 is 5.38. The van der Waals surface area contributed by atoms with Crippen LogP contribution in [-0.4, -0.2) is 31.9 Å². The van der Waals surface area contributed by atoms with Gasteiger partial charge in [-0.25, -0.2) is 4.79 Å². The van der Waals surface area contributed by atoms with Crippen LogP contribution >= 0.6 is 12.2 Å². The summed E-state index contributed by atoms with van der Waals surface area (Å²) in [6, 6.07) is 12.6. The average Bonchev–Trinajstić information content (AvgIpc) is 2.67. The zero-order valence-electron chi connectivity index (χ0n) is 15.9. The minimum atomic E-state index is -0.341. The smallest absolute Gasteiger partial charge is 0.338 e. The molecule has 144 valence electrons. The van der Waals surface area contributed by atoms with Crippen LogP contribution in [0.4, 0.5) is 5.69 Å². The summed E-state index contributed by atoms with van der Waals surface area (Å²) in [5, 5.41) is 6.80. The molecule has 0 saturated heterocycles. The first-order chi connectivity index (χ1) is 13.0. The molecule has 2 aromatic carbocycles. The number of anilines is 1. The Labute approximate surface area is 164 Å². The van der Waals surface area contributed by atoms with Crippen molar-refractivity contribution in [2.75, 3.05) is 26.1 Å². The summed E-state index contributed by atoms with van der Waals surface area (Å²) in [4.78, 5) is 11.7. The van der Waals surface area contributed by atoms with Gasteiger partial charge in [0.1, 0.15) is 0 Å². The standard InChI is InChI=1S/C20H24N2O4S/c1-5-26-19(23)14-6-9-16(10-7-14)22-20(27)21-13(2)15-8-11-17(24-3)18(12-15)25-4/h6-13H,5H2,1-4H3,(H2,21,22,27). The number of ether oxygens (including phenoxy) is 3. The lowest BCUT2D eigenvalue weighted by molar-refractivity contribution is 0.0526. The Morgan fingerprint density at radius 2 is 1.74 bits per heavy atom. The summed E-state index contributed by atoms with van der Waals surface area (Å²) < 4.78 is 15.6. The van der Waals surface area contributed by atoms with Crippen molar-refractivity contribution < 1.29 is 19.0 Å². The third-order valence-electron chi connectivity index (χ3n) is 3.91. The summed E-state index contributed by atoms with van der Waals surface area (Å²) in [5.74, 6) is 1.000. The number of methoxy groups -OCH3 is 2. The van der Waals surface area contributed by atoms with Crippen LogP contribution < -0.4 is 20.1 Å². The van der Waals surface area contributed by atoms with Gasteiger partial charge in [0.15, 0.2) is 16.6 Å². The quantitative estimate of drug-likeness (QED) is 0.550. The molecule has 0 radical (unpaired) electrons. The van der Waals surface area contributed by atoms with Gasteiger partial charge in [0.05, 0.1) is 32.4 Å². The van der Waals surface area contributed by atoms with Crippen LogP contribution in [-0.2, 0) is 4.74 Å². The largest absolute Gasteiger partial charge is 0.493 e. The minimum absolute atomic E-state index is 0.0383. The number of carbonyl (C=O) groups is 1. The Bertz CT molecular complexity index is 793. The minimum Gasteiger partial charge on any atom is -0.493 e. The van der Waals surface area contributed by atoms with Crippen molar-refractivity contribution in [1.82, 2.24) is 5.32 Å². The predicted molar refractivity (Wildman–Crippen MR) is 110 cm³/mol. The number of carbonyl (C=O) groups excluding carboxylic acids is 1. The molecular formula is C20H24N2O4S. The van der Waals surface area contributed by atoms with Crippen molar-refractivity contribution in [3.63, 3.8) is 0 Å². The third-order valence-corrected chi connectivity index (χ3v) is 4.13. The Kier molecular flexibility index (Phi) is 7.43. The second kappa shape index (κ2) is 9.78. The third kappa shape index (κ3) is 5.59. The Morgan fingerprint density at radius 3 is 2.33 bits per heavy atom. The normalized spacial score (nSPS) is 11.3. The fourth-order valence-corrected chi connectivity index (χ4v) is 2.77. The average molecular weight is 388 g/mol. The van der Waals surface area contributed by atoms with E-state index < -0.39 is 0 Å². The van der Waals surface area contributed by atoms with Gasteiger partial charge >= 0.3 is 5.97 Å². The maximum absolute atomic E-state index is 11.7. The van der Waals surface area contributed by atoms with Crippen molar-refractivity contribution in [2.24, 2.45) is 0 Å². The highest BCUT2D eigenvalue weighted by atomic mass is 32.1. The number of benzene rings is 2. The van der Waals surface area contributed by atoms with Crippen LogP contribution in [0.5, 0.6) is 11.5 Å². The summed E-state index contributed by atoms with van der Waals surface area (Å²) in [6.07, 6.45) is 0. The van der Waals surface area contributed by atoms with Crippen molar-refractivity contribution in [3.8, 4) is 11.5 Å². The Hall–Kier alpha value is -2.80. The molecule has 27 heavy (non-hydrogen) atoms. The van der Waals surface area contributed by atoms with Crippen LogP contribution in [0.2, 0.25) is 0 Å². The van der Waals surface area contributed by atoms with Crippen molar-refractivity contribution in [3.05, 3.63) is 53.6 Å². The molecule has 0 aliphatic heterocycles. The number of thiocarbonyl (C=S) groups is 1. The number of hydrogen-bond acceptors (Lipinski definition) is 5. The first-order valence-corrected chi connectivity index (χ1v) is 8.96. The number of rotatable bonds is 7. The Morgan fingerprint density at radius 1 is 1.07 bits per heavy atom. The van der Waals surface area contributed by atoms with E-state index in [2.05, 4.69) is 10.6 Å². The molecule has 2 N–H and O–H groups in total. The highest BCUT2D eigenvalue weighted by Crippen LogP contribution is 2.29. The van der Waals surface area contributed by atoms with Crippen LogP contribution in [0, 0.1) is 0 Å². The monoisotopic (exact) mass is 388 g/mol. The molecular weight excluding hydrogens is 364 g/mol. The highest BCUT2D eigenvalue weighted by molar-refractivity contribution is 7.80. The molecule has 0 amide bonds. The fourth-order valence-electron chi connectivity index (χ4n) is 2.47. The zero-order valence-corrected chi connectivity index (χ0v) is 16.7. The molecule has 0 spiro atoms. The van der Waals surface area contributed by atoms with Gasteiger partial charge in [-0.2, -0.15) is 0 Å². The van der Waals surface area contributed by atoms with Gasteiger partial charge in [-0.3, -0.25) is 0 Å². The second-order valence-corrected chi connectivity index (χ2v) is 6.14. The van der Waals surface area contributed by atoms with Gasteiger partial charge in [0, 0.05) is 5.69 Å². The van der Waals surface area contributed by atoms with Crippen LogP contribution in [0.15, 0.2) is 42.5 Å². The van der Waals surface area contributed by atoms with E-state index in [9.17, 15) is 4.79 Å². The molecule has 0 aliphatic carbocycles. The van der Waals surface area contributed by atoms with Gasteiger partial charge in [-0.15, -0.1) is 0 Å². The number of nitrogens with one attached hydrogen (secondary N) is 2.